The first-order valence-electron chi connectivity index (χ1n) is 5.70. The molecule has 0 fully saturated rings. The lowest BCUT2D eigenvalue weighted by Gasteiger charge is -2.27. The Kier molecular flexibility index (Phi) is 3.43. The molecule has 0 saturated carbocycles. The minimum atomic E-state index is -0.817. The van der Waals surface area contributed by atoms with Gasteiger partial charge in [0.1, 0.15) is 0 Å². The molecule has 0 spiro atoms. The van der Waals surface area contributed by atoms with Crippen LogP contribution in [0.2, 0.25) is 0 Å². The van der Waals surface area contributed by atoms with E-state index in [4.69, 9.17) is 5.73 Å². The van der Waals surface area contributed by atoms with Gasteiger partial charge in [-0.2, -0.15) is 0 Å². The van der Waals surface area contributed by atoms with Gasteiger partial charge in [0.2, 0.25) is 5.91 Å². The zero-order valence-corrected chi connectivity index (χ0v) is 11.0. The van der Waals surface area contributed by atoms with Gasteiger partial charge in [0.15, 0.2) is 0 Å². The van der Waals surface area contributed by atoms with Crippen LogP contribution in [0.3, 0.4) is 0 Å². The number of hydrogen-bond acceptors (Lipinski definition) is 2. The van der Waals surface area contributed by atoms with Crippen LogP contribution >= 0.6 is 12.6 Å². The third-order valence-electron chi connectivity index (χ3n) is 3.29. The Morgan fingerprint density at radius 2 is 1.50 bits per heavy atom. The summed E-state index contributed by atoms with van der Waals surface area (Å²) in [6, 6.07) is 17.1. The summed E-state index contributed by atoms with van der Waals surface area (Å²) >= 11 is 4.25. The number of amides is 1. The molecule has 2 nitrogen and oxygen atoms in total. The second kappa shape index (κ2) is 4.86. The summed E-state index contributed by atoms with van der Waals surface area (Å²) in [5.41, 5.74) is 6.57. The molecule has 0 aliphatic rings. The van der Waals surface area contributed by atoms with Crippen molar-refractivity contribution in [1.29, 1.82) is 0 Å². The van der Waals surface area contributed by atoms with Gasteiger partial charge in [-0.1, -0.05) is 42.5 Å². The highest BCUT2D eigenvalue weighted by atomic mass is 32.1. The van der Waals surface area contributed by atoms with Crippen LogP contribution in [0.15, 0.2) is 59.5 Å². The van der Waals surface area contributed by atoms with Crippen molar-refractivity contribution in [3.63, 3.8) is 0 Å². The van der Waals surface area contributed by atoms with Gasteiger partial charge in [0, 0.05) is 4.90 Å². The summed E-state index contributed by atoms with van der Waals surface area (Å²) < 4.78 is 0. The van der Waals surface area contributed by atoms with Crippen LogP contribution in [0.1, 0.15) is 18.1 Å². The third-order valence-corrected chi connectivity index (χ3v) is 3.59. The average molecular weight is 257 g/mol. The Balaban J connectivity index is 2.58. The van der Waals surface area contributed by atoms with E-state index in [2.05, 4.69) is 12.6 Å². The predicted octanol–water partition coefficient (Wildman–Crippen LogP) is 2.77. The van der Waals surface area contributed by atoms with Crippen LogP contribution in [-0.4, -0.2) is 5.91 Å². The van der Waals surface area contributed by atoms with E-state index in [1.165, 1.54) is 0 Å². The second-order valence-corrected chi connectivity index (χ2v) is 4.92. The second-order valence-electron chi connectivity index (χ2n) is 4.40. The summed E-state index contributed by atoms with van der Waals surface area (Å²) in [6.45, 7) is 1.85. The highest BCUT2D eigenvalue weighted by Crippen LogP contribution is 2.32. The number of rotatable bonds is 3. The van der Waals surface area contributed by atoms with Crippen LogP contribution in [0, 0.1) is 0 Å². The normalized spacial score (nSPS) is 13.9. The summed E-state index contributed by atoms with van der Waals surface area (Å²) in [7, 11) is 0. The van der Waals surface area contributed by atoms with Crippen molar-refractivity contribution >= 4 is 18.5 Å². The molecule has 2 N–H and O–H groups in total. The largest absolute Gasteiger partial charge is 0.369 e. The van der Waals surface area contributed by atoms with Gasteiger partial charge in [-0.3, -0.25) is 4.79 Å². The van der Waals surface area contributed by atoms with E-state index < -0.39 is 5.41 Å². The standard InChI is InChI=1S/C15H15NOS/c1-15(14(16)17,11-5-3-2-4-6-11)12-7-9-13(18)10-8-12/h2-10,18H,1H3,(H2,16,17). The Morgan fingerprint density at radius 1 is 1.00 bits per heavy atom. The van der Waals surface area contributed by atoms with Crippen LogP contribution < -0.4 is 5.73 Å². The van der Waals surface area contributed by atoms with Crippen LogP contribution in [-0.2, 0) is 10.2 Å². The van der Waals surface area contributed by atoms with E-state index in [-0.39, 0.29) is 5.91 Å². The topological polar surface area (TPSA) is 43.1 Å². The van der Waals surface area contributed by atoms with Gasteiger partial charge in [0.25, 0.3) is 0 Å². The molecule has 2 aromatic rings. The highest BCUT2D eigenvalue weighted by molar-refractivity contribution is 7.80. The number of nitrogens with two attached hydrogens (primary N) is 1. The van der Waals surface area contributed by atoms with Gasteiger partial charge >= 0.3 is 0 Å². The monoisotopic (exact) mass is 257 g/mol. The summed E-state index contributed by atoms with van der Waals surface area (Å²) in [5, 5.41) is 0. The fraction of sp³-hybridized carbons (Fsp3) is 0.133. The molecule has 0 aliphatic heterocycles. The van der Waals surface area contributed by atoms with Crippen molar-refractivity contribution in [1.82, 2.24) is 0 Å². The Bertz CT molecular complexity index is 550. The zero-order chi connectivity index (χ0) is 13.2. The first-order valence-corrected chi connectivity index (χ1v) is 6.15. The highest BCUT2D eigenvalue weighted by Gasteiger charge is 2.34. The lowest BCUT2D eigenvalue weighted by Crippen LogP contribution is -2.39. The van der Waals surface area contributed by atoms with E-state index >= 15 is 0 Å². The fourth-order valence-electron chi connectivity index (χ4n) is 2.02. The van der Waals surface area contributed by atoms with Crippen LogP contribution in [0.25, 0.3) is 0 Å². The first-order chi connectivity index (χ1) is 8.55. The molecule has 92 valence electrons. The Labute approximate surface area is 112 Å². The quantitative estimate of drug-likeness (QED) is 0.816. The maximum absolute atomic E-state index is 11.9. The fourth-order valence-corrected chi connectivity index (χ4v) is 2.17. The predicted molar refractivity (Wildman–Crippen MR) is 75.8 cm³/mol. The molecule has 18 heavy (non-hydrogen) atoms. The molecule has 0 saturated heterocycles. The molecular weight excluding hydrogens is 242 g/mol. The number of thiol groups is 1. The number of primary amides is 1. The molecule has 0 heterocycles. The summed E-state index contributed by atoms with van der Waals surface area (Å²) in [6.07, 6.45) is 0. The zero-order valence-electron chi connectivity index (χ0n) is 10.1. The molecule has 1 unspecified atom stereocenters. The number of carbonyl (C=O) groups is 1. The molecular formula is C15H15NOS. The van der Waals surface area contributed by atoms with Crippen molar-refractivity contribution < 1.29 is 4.79 Å². The van der Waals surface area contributed by atoms with Crippen molar-refractivity contribution in [2.75, 3.05) is 0 Å². The lowest BCUT2D eigenvalue weighted by atomic mass is 9.76. The molecule has 2 rings (SSSR count). The summed E-state index contributed by atoms with van der Waals surface area (Å²) in [4.78, 5) is 12.8. The van der Waals surface area contributed by atoms with Crippen molar-refractivity contribution in [2.45, 2.75) is 17.2 Å². The van der Waals surface area contributed by atoms with Gasteiger partial charge in [-0.15, -0.1) is 12.6 Å². The minimum absolute atomic E-state index is 0.361. The number of benzene rings is 2. The van der Waals surface area contributed by atoms with Gasteiger partial charge < -0.3 is 5.73 Å². The van der Waals surface area contributed by atoms with Gasteiger partial charge in [0.05, 0.1) is 5.41 Å². The smallest absolute Gasteiger partial charge is 0.232 e. The molecule has 0 bridgehead atoms. The van der Waals surface area contributed by atoms with Gasteiger partial charge in [-0.05, 0) is 30.2 Å². The van der Waals surface area contributed by atoms with E-state index in [9.17, 15) is 4.79 Å². The maximum Gasteiger partial charge on any atom is 0.232 e. The van der Waals surface area contributed by atoms with Crippen LogP contribution in [0.4, 0.5) is 0 Å². The van der Waals surface area contributed by atoms with E-state index in [1.807, 2.05) is 61.5 Å². The van der Waals surface area contributed by atoms with Crippen molar-refractivity contribution in [3.05, 3.63) is 65.7 Å². The molecule has 2 aromatic carbocycles. The van der Waals surface area contributed by atoms with E-state index in [1.54, 1.807) is 0 Å². The van der Waals surface area contributed by atoms with E-state index in [0.717, 1.165) is 16.0 Å². The molecule has 0 aliphatic carbocycles. The molecule has 1 atom stereocenters. The first kappa shape index (κ1) is 12.7. The van der Waals surface area contributed by atoms with Gasteiger partial charge in [-0.25, -0.2) is 0 Å². The SMILES string of the molecule is CC(C(N)=O)(c1ccccc1)c1ccc(S)cc1. The Morgan fingerprint density at radius 3 is 2.00 bits per heavy atom. The third kappa shape index (κ3) is 2.14. The molecule has 3 heteroatoms. The number of hydrogen-bond donors (Lipinski definition) is 2. The summed E-state index contributed by atoms with van der Waals surface area (Å²) in [5.74, 6) is -0.361. The minimum Gasteiger partial charge on any atom is -0.369 e. The lowest BCUT2D eigenvalue weighted by molar-refractivity contribution is -0.121. The maximum atomic E-state index is 11.9. The molecule has 1 amide bonds. The molecule has 0 aromatic heterocycles. The Hall–Kier alpha value is -1.74. The average Bonchev–Trinajstić information content (AvgIpc) is 2.39. The van der Waals surface area contributed by atoms with Crippen molar-refractivity contribution in [3.8, 4) is 0 Å². The van der Waals surface area contributed by atoms with Crippen LogP contribution in [0.5, 0.6) is 0 Å². The number of carbonyl (C=O) groups excluding carboxylic acids is 1. The molecule has 0 radical (unpaired) electrons. The van der Waals surface area contributed by atoms with Crippen molar-refractivity contribution in [2.24, 2.45) is 5.73 Å². The van der Waals surface area contributed by atoms with E-state index in [0.29, 0.717) is 0 Å².